The molecule has 31 heavy (non-hydrogen) atoms. The molecule has 2 heterocycles. The molecule has 1 fully saturated rings. The summed E-state index contributed by atoms with van der Waals surface area (Å²) in [6, 6.07) is 17.6. The standard InChI is InChI=1S/C27H26ClN3/c1-2-9-23-19-11-4-3-10-18(19)15-17-31(23)26-21-13-7-8-16-27(21)24(25(27)29-30-26)20-12-5-6-14-22(20)28/h3-8,10-14,16,23-25H,2,9,15,17H2,1H3. The number of halogens is 1. The van der Waals surface area contributed by atoms with Crippen LogP contribution in [0.3, 0.4) is 0 Å². The molecule has 6 rings (SSSR count). The molecule has 0 bridgehead atoms. The third-order valence-electron chi connectivity index (χ3n) is 7.43. The molecule has 156 valence electrons. The van der Waals surface area contributed by atoms with E-state index >= 15 is 0 Å². The fourth-order valence-electron chi connectivity index (χ4n) is 5.98. The van der Waals surface area contributed by atoms with Gasteiger partial charge in [-0.2, -0.15) is 5.11 Å². The minimum Gasteiger partial charge on any atom is -0.348 e. The molecule has 4 heteroatoms. The quantitative estimate of drug-likeness (QED) is 0.516. The van der Waals surface area contributed by atoms with Crippen molar-refractivity contribution in [1.82, 2.24) is 4.90 Å². The summed E-state index contributed by atoms with van der Waals surface area (Å²) in [5, 5.41) is 10.6. The van der Waals surface area contributed by atoms with Gasteiger partial charge < -0.3 is 4.90 Å². The van der Waals surface area contributed by atoms with Gasteiger partial charge in [0, 0.05) is 23.1 Å². The summed E-state index contributed by atoms with van der Waals surface area (Å²) < 4.78 is 0. The minimum atomic E-state index is -0.120. The Morgan fingerprint density at radius 3 is 2.71 bits per heavy atom. The smallest absolute Gasteiger partial charge is 0.155 e. The molecule has 1 spiro atoms. The van der Waals surface area contributed by atoms with Crippen LogP contribution in [0.2, 0.25) is 5.02 Å². The van der Waals surface area contributed by atoms with Crippen LogP contribution >= 0.6 is 11.6 Å². The van der Waals surface area contributed by atoms with Crippen molar-refractivity contribution in [2.75, 3.05) is 6.54 Å². The fourth-order valence-corrected chi connectivity index (χ4v) is 6.23. The molecule has 0 saturated heterocycles. The van der Waals surface area contributed by atoms with Crippen molar-refractivity contribution >= 4 is 11.6 Å². The summed E-state index contributed by atoms with van der Waals surface area (Å²) in [6.07, 6.45) is 12.2. The molecule has 4 aliphatic rings. The van der Waals surface area contributed by atoms with Gasteiger partial charge in [0.1, 0.15) is 0 Å². The molecule has 4 atom stereocenters. The van der Waals surface area contributed by atoms with Crippen molar-refractivity contribution in [3.05, 3.63) is 106 Å². The Morgan fingerprint density at radius 2 is 1.87 bits per heavy atom. The summed E-state index contributed by atoms with van der Waals surface area (Å²) in [4.78, 5) is 2.52. The number of benzene rings is 2. The first-order valence-electron chi connectivity index (χ1n) is 11.4. The molecular formula is C27H26ClN3. The predicted molar refractivity (Wildman–Crippen MR) is 125 cm³/mol. The van der Waals surface area contributed by atoms with Crippen molar-refractivity contribution in [1.29, 1.82) is 0 Å². The first-order valence-corrected chi connectivity index (χ1v) is 11.7. The van der Waals surface area contributed by atoms with Gasteiger partial charge in [-0.3, -0.25) is 0 Å². The van der Waals surface area contributed by atoms with Gasteiger partial charge in [0.2, 0.25) is 0 Å². The molecular weight excluding hydrogens is 402 g/mol. The van der Waals surface area contributed by atoms with Gasteiger partial charge in [-0.1, -0.05) is 91.7 Å². The summed E-state index contributed by atoms with van der Waals surface area (Å²) in [7, 11) is 0. The highest BCUT2D eigenvalue weighted by molar-refractivity contribution is 6.31. The molecule has 0 amide bonds. The summed E-state index contributed by atoms with van der Waals surface area (Å²) in [5.74, 6) is 1.31. The van der Waals surface area contributed by atoms with Crippen LogP contribution in [0, 0.1) is 5.41 Å². The maximum atomic E-state index is 6.62. The number of fused-ring (bicyclic) bond motifs is 1. The average Bonchev–Trinajstić information content (AvgIpc) is 3.45. The second-order valence-electron chi connectivity index (χ2n) is 8.99. The molecule has 2 aromatic carbocycles. The maximum Gasteiger partial charge on any atom is 0.155 e. The van der Waals surface area contributed by atoms with Gasteiger partial charge in [-0.25, -0.2) is 0 Å². The molecule has 1 saturated carbocycles. The second-order valence-corrected chi connectivity index (χ2v) is 9.40. The first kappa shape index (κ1) is 19.1. The minimum absolute atomic E-state index is 0.120. The molecule has 0 radical (unpaired) electrons. The van der Waals surface area contributed by atoms with Crippen LogP contribution < -0.4 is 0 Å². The van der Waals surface area contributed by atoms with Gasteiger partial charge in [0.05, 0.1) is 17.5 Å². The Kier molecular flexibility index (Phi) is 4.43. The monoisotopic (exact) mass is 427 g/mol. The number of hydrogen-bond donors (Lipinski definition) is 0. The zero-order valence-corrected chi connectivity index (χ0v) is 18.5. The highest BCUT2D eigenvalue weighted by Gasteiger charge is 2.69. The van der Waals surface area contributed by atoms with E-state index in [-0.39, 0.29) is 17.4 Å². The third-order valence-corrected chi connectivity index (χ3v) is 7.77. The van der Waals surface area contributed by atoms with Crippen LogP contribution in [0.4, 0.5) is 0 Å². The van der Waals surface area contributed by atoms with Crippen LogP contribution in [-0.2, 0) is 6.42 Å². The number of allylic oxidation sites excluding steroid dienone is 3. The maximum absolute atomic E-state index is 6.62. The van der Waals surface area contributed by atoms with E-state index in [1.807, 2.05) is 12.1 Å². The van der Waals surface area contributed by atoms with Gasteiger partial charge in [0.25, 0.3) is 0 Å². The van der Waals surface area contributed by atoms with E-state index < -0.39 is 0 Å². The van der Waals surface area contributed by atoms with Crippen molar-refractivity contribution in [3.8, 4) is 0 Å². The average molecular weight is 428 g/mol. The van der Waals surface area contributed by atoms with Crippen LogP contribution in [0.15, 0.2) is 94.5 Å². The summed E-state index contributed by atoms with van der Waals surface area (Å²) in [5.41, 5.74) is 5.29. The van der Waals surface area contributed by atoms with E-state index in [1.165, 1.54) is 22.3 Å². The Hall–Kier alpha value is -2.65. The SMILES string of the molecule is CCCC1c2ccccc2CCN1C1=C2C=CC=CC23C(N=N1)C3c1ccccc1Cl. The highest BCUT2D eigenvalue weighted by Crippen LogP contribution is 2.70. The van der Waals surface area contributed by atoms with Crippen molar-refractivity contribution in [3.63, 3.8) is 0 Å². The molecule has 0 N–H and O–H groups in total. The van der Waals surface area contributed by atoms with Gasteiger partial charge in [0.15, 0.2) is 5.82 Å². The summed E-state index contributed by atoms with van der Waals surface area (Å²) >= 11 is 6.62. The van der Waals surface area contributed by atoms with Gasteiger partial charge in [-0.05, 0) is 35.6 Å². The molecule has 2 aliphatic heterocycles. The van der Waals surface area contributed by atoms with Gasteiger partial charge >= 0.3 is 0 Å². The second kappa shape index (κ2) is 7.20. The lowest BCUT2D eigenvalue weighted by Crippen LogP contribution is -2.36. The Bertz CT molecular complexity index is 1160. The lowest BCUT2D eigenvalue weighted by atomic mass is 9.84. The molecule has 2 aromatic rings. The van der Waals surface area contributed by atoms with E-state index in [0.717, 1.165) is 36.7 Å². The molecule has 4 unspecified atom stereocenters. The largest absolute Gasteiger partial charge is 0.348 e. The normalized spacial score (nSPS) is 30.1. The number of hydrogen-bond acceptors (Lipinski definition) is 3. The zero-order valence-electron chi connectivity index (χ0n) is 17.7. The fraction of sp³-hybridized carbons (Fsp3) is 0.333. The number of azo groups is 1. The van der Waals surface area contributed by atoms with Gasteiger partial charge in [-0.15, -0.1) is 5.11 Å². The van der Waals surface area contributed by atoms with Crippen molar-refractivity contribution < 1.29 is 0 Å². The number of rotatable bonds is 4. The lowest BCUT2D eigenvalue weighted by Gasteiger charge is -2.40. The Morgan fingerprint density at radius 1 is 1.06 bits per heavy atom. The van der Waals surface area contributed by atoms with E-state index in [9.17, 15) is 0 Å². The Balaban J connectivity index is 1.46. The van der Waals surface area contributed by atoms with E-state index in [1.54, 1.807) is 0 Å². The van der Waals surface area contributed by atoms with E-state index in [2.05, 4.69) is 72.5 Å². The molecule has 3 nitrogen and oxygen atoms in total. The number of nitrogens with zero attached hydrogens (tertiary/aromatic N) is 3. The predicted octanol–water partition coefficient (Wildman–Crippen LogP) is 7.00. The van der Waals surface area contributed by atoms with E-state index in [0.29, 0.717) is 6.04 Å². The van der Waals surface area contributed by atoms with Crippen molar-refractivity contribution in [2.45, 2.75) is 44.2 Å². The van der Waals surface area contributed by atoms with Crippen LogP contribution in [0.5, 0.6) is 0 Å². The van der Waals surface area contributed by atoms with Crippen LogP contribution in [-0.4, -0.2) is 17.5 Å². The first-order chi connectivity index (χ1) is 15.3. The topological polar surface area (TPSA) is 28.0 Å². The summed E-state index contributed by atoms with van der Waals surface area (Å²) in [6.45, 7) is 3.25. The van der Waals surface area contributed by atoms with Crippen LogP contribution in [0.25, 0.3) is 0 Å². The highest BCUT2D eigenvalue weighted by atomic mass is 35.5. The lowest BCUT2D eigenvalue weighted by molar-refractivity contribution is 0.217. The van der Waals surface area contributed by atoms with Crippen molar-refractivity contribution in [2.24, 2.45) is 15.6 Å². The molecule has 0 aromatic heterocycles. The van der Waals surface area contributed by atoms with Crippen LogP contribution in [0.1, 0.15) is 48.4 Å². The van der Waals surface area contributed by atoms with E-state index in [4.69, 9.17) is 21.8 Å². The third kappa shape index (κ3) is 2.72. The zero-order chi connectivity index (χ0) is 21.0. The Labute approximate surface area is 188 Å². The molecule has 2 aliphatic carbocycles.